The Morgan fingerprint density at radius 3 is 2.42 bits per heavy atom. The van der Waals surface area contributed by atoms with Gasteiger partial charge in [-0.15, -0.1) is 6.58 Å². The Morgan fingerprint density at radius 1 is 1.00 bits per heavy atom. The zero-order chi connectivity index (χ0) is 26.6. The number of benzene rings is 4. The first kappa shape index (κ1) is 26.8. The molecule has 204 valence electrons. The van der Waals surface area contributed by atoms with E-state index in [1.807, 2.05) is 30.5 Å². The number of piperidine rings is 3. The quantitative estimate of drug-likeness (QED) is 0.196. The predicted octanol–water partition coefficient (Wildman–Crippen LogP) is 4.20. The van der Waals surface area contributed by atoms with Gasteiger partial charge in [-0.3, -0.25) is 4.98 Å². The van der Waals surface area contributed by atoms with Crippen molar-refractivity contribution in [2.75, 3.05) is 20.2 Å². The summed E-state index contributed by atoms with van der Waals surface area (Å²) in [4.78, 5) is 4.59. The lowest BCUT2D eigenvalue weighted by Gasteiger charge is -2.58. The molecule has 3 aliphatic heterocycles. The molecule has 3 fully saturated rings. The average Bonchev–Trinajstić information content (AvgIpc) is 3.00. The molecule has 0 aliphatic carbocycles. The van der Waals surface area contributed by atoms with Gasteiger partial charge in [0.15, 0.2) is 0 Å². The maximum atomic E-state index is 12.2. The molecule has 4 unspecified atom stereocenters. The molecule has 40 heavy (non-hydrogen) atoms. The maximum Gasteiger partial charge on any atom is 0.131 e. The number of halogens is 1. The summed E-state index contributed by atoms with van der Waals surface area (Å²) in [6, 6.07) is 27.9. The molecule has 0 spiro atoms. The Kier molecular flexibility index (Phi) is 7.03. The zero-order valence-electron chi connectivity index (χ0n) is 22.8. The number of methoxy groups -OCH3 is 1. The summed E-state index contributed by atoms with van der Waals surface area (Å²) < 4.78 is 6.41. The third kappa shape index (κ3) is 4.26. The molecule has 4 nitrogen and oxygen atoms in total. The van der Waals surface area contributed by atoms with Crippen molar-refractivity contribution in [3.8, 4) is 5.75 Å². The first-order valence-electron chi connectivity index (χ1n) is 14.1. The fourth-order valence-corrected chi connectivity index (χ4v) is 7.71. The van der Waals surface area contributed by atoms with E-state index >= 15 is 0 Å². The van der Waals surface area contributed by atoms with Gasteiger partial charge in [-0.25, -0.2) is 0 Å². The number of fused-ring (bicyclic) bond motifs is 6. The van der Waals surface area contributed by atoms with E-state index in [0.29, 0.717) is 11.8 Å². The summed E-state index contributed by atoms with van der Waals surface area (Å²) in [5.74, 6) is 1.82. The highest BCUT2D eigenvalue weighted by Crippen LogP contribution is 2.49. The van der Waals surface area contributed by atoms with Crippen LogP contribution in [0.1, 0.15) is 30.1 Å². The van der Waals surface area contributed by atoms with Crippen molar-refractivity contribution in [2.24, 2.45) is 11.8 Å². The largest absolute Gasteiger partial charge is 1.00 e. The highest BCUT2D eigenvalue weighted by Gasteiger charge is 2.54. The fraction of sp³-hybridized carbons (Fsp3) is 0.286. The van der Waals surface area contributed by atoms with Crippen molar-refractivity contribution < 1.29 is 26.7 Å². The minimum absolute atomic E-state index is 0. The topological polar surface area (TPSA) is 42.4 Å². The van der Waals surface area contributed by atoms with Crippen molar-refractivity contribution in [1.82, 2.24) is 4.98 Å². The van der Waals surface area contributed by atoms with Gasteiger partial charge in [-0.1, -0.05) is 54.6 Å². The second-order valence-corrected chi connectivity index (χ2v) is 11.6. The van der Waals surface area contributed by atoms with Crippen molar-refractivity contribution in [3.05, 3.63) is 109 Å². The lowest BCUT2D eigenvalue weighted by atomic mass is 9.71. The summed E-state index contributed by atoms with van der Waals surface area (Å²) in [5, 5.41) is 18.4. The highest BCUT2D eigenvalue weighted by atomic mass is 35.5. The Labute approximate surface area is 241 Å². The van der Waals surface area contributed by atoms with E-state index in [1.54, 1.807) is 7.11 Å². The first-order chi connectivity index (χ1) is 19.1. The smallest absolute Gasteiger partial charge is 0.131 e. The van der Waals surface area contributed by atoms with Crippen LogP contribution in [-0.4, -0.2) is 40.8 Å². The molecule has 5 heteroatoms. The van der Waals surface area contributed by atoms with E-state index < -0.39 is 6.10 Å². The number of aromatic nitrogens is 1. The molecule has 0 saturated carbocycles. The number of ether oxygens (including phenoxy) is 1. The number of pyridine rings is 1. The highest BCUT2D eigenvalue weighted by molar-refractivity contribution is 6.02. The number of hydrogen-bond acceptors (Lipinski definition) is 3. The van der Waals surface area contributed by atoms with Gasteiger partial charge in [0, 0.05) is 35.9 Å². The van der Waals surface area contributed by atoms with E-state index in [0.717, 1.165) is 52.8 Å². The van der Waals surface area contributed by atoms with Crippen molar-refractivity contribution in [3.63, 3.8) is 0 Å². The Morgan fingerprint density at radius 2 is 1.73 bits per heavy atom. The fourth-order valence-electron chi connectivity index (χ4n) is 7.71. The van der Waals surface area contributed by atoms with Gasteiger partial charge in [0.05, 0.1) is 25.7 Å². The number of quaternary nitrogens is 1. The molecule has 3 saturated heterocycles. The van der Waals surface area contributed by atoms with Crippen LogP contribution in [0.5, 0.6) is 5.75 Å². The van der Waals surface area contributed by atoms with Crippen LogP contribution in [0.15, 0.2) is 97.7 Å². The van der Waals surface area contributed by atoms with Crippen LogP contribution in [0.2, 0.25) is 0 Å². The normalized spacial score (nSPS) is 24.6. The number of hydrogen-bond donors (Lipinski definition) is 1. The van der Waals surface area contributed by atoms with Gasteiger partial charge < -0.3 is 26.7 Å². The van der Waals surface area contributed by atoms with Gasteiger partial charge in [-0.2, -0.15) is 0 Å². The molecule has 5 atom stereocenters. The number of rotatable bonds is 6. The molecule has 0 radical (unpaired) electrons. The number of aliphatic hydroxyl groups excluding tert-OH is 1. The molecule has 4 heterocycles. The molecule has 3 aliphatic rings. The molecule has 2 bridgehead atoms. The standard InChI is InChI=1S/C35H35N2O2.ClH/c1-3-23-21-37(22-32-28-10-6-4-8-25(28)18-26-9-5-7-11-29(26)32)17-15-24(23)19-34(37)35(38)30-14-16-36-33-13-12-27(39-2)20-31(30)33;/h3-14,16,18,20,23-24,34-35,38H,1,15,17,19,21-22H2,2H3;1H/q+1;/p-1/t23?,24?,34?,35?,37-;/m1./s1. The second kappa shape index (κ2) is 10.5. The SMILES string of the molecule is C=CC1C[N@@+]2(Cc3c4ccccc4cc4ccccc34)CCC1CC2C(O)c1ccnc2ccc(OC)cc12.[Cl-]. The van der Waals surface area contributed by atoms with Crippen molar-refractivity contribution in [1.29, 1.82) is 0 Å². The van der Waals surface area contributed by atoms with Crippen LogP contribution < -0.4 is 17.1 Å². The number of aliphatic hydroxyl groups is 1. The van der Waals surface area contributed by atoms with E-state index in [4.69, 9.17) is 4.74 Å². The lowest BCUT2D eigenvalue weighted by Crippen LogP contribution is -3.00. The monoisotopic (exact) mass is 550 g/mol. The molecular weight excluding hydrogens is 516 g/mol. The van der Waals surface area contributed by atoms with Crippen LogP contribution in [0.4, 0.5) is 0 Å². The summed E-state index contributed by atoms with van der Waals surface area (Å²) in [6.07, 6.45) is 5.58. The molecule has 1 N–H and O–H groups in total. The maximum absolute atomic E-state index is 12.2. The van der Waals surface area contributed by atoms with Crippen LogP contribution in [-0.2, 0) is 6.54 Å². The van der Waals surface area contributed by atoms with Crippen molar-refractivity contribution >= 4 is 32.4 Å². The summed E-state index contributed by atoms with van der Waals surface area (Å²) in [7, 11) is 1.68. The first-order valence-corrected chi connectivity index (χ1v) is 14.1. The van der Waals surface area contributed by atoms with Gasteiger partial charge in [0.1, 0.15) is 24.4 Å². The van der Waals surface area contributed by atoms with Gasteiger partial charge in [-0.05, 0) is 63.4 Å². The van der Waals surface area contributed by atoms with Crippen molar-refractivity contribution in [2.45, 2.75) is 31.5 Å². The Hall–Kier alpha value is -3.44. The van der Waals surface area contributed by atoms with Crippen LogP contribution >= 0.6 is 0 Å². The number of nitrogens with zero attached hydrogens (tertiary/aromatic N) is 2. The molecular formula is C35H35ClN2O2. The molecule has 8 rings (SSSR count). The second-order valence-electron chi connectivity index (χ2n) is 11.6. The predicted molar refractivity (Wildman–Crippen MR) is 159 cm³/mol. The molecule has 1 aromatic heterocycles. The van der Waals surface area contributed by atoms with E-state index in [-0.39, 0.29) is 18.4 Å². The molecule has 4 aromatic carbocycles. The van der Waals surface area contributed by atoms with E-state index in [9.17, 15) is 5.11 Å². The Balaban J connectivity index is 0.00000289. The Bertz CT molecular complexity index is 1660. The van der Waals surface area contributed by atoms with Gasteiger partial charge in [0.2, 0.25) is 0 Å². The molecule has 5 aromatic rings. The summed E-state index contributed by atoms with van der Waals surface area (Å²) in [5.41, 5.74) is 3.23. The minimum atomic E-state index is -0.600. The third-order valence-electron chi connectivity index (χ3n) is 9.70. The van der Waals surface area contributed by atoms with Crippen LogP contribution in [0, 0.1) is 11.8 Å². The zero-order valence-corrected chi connectivity index (χ0v) is 23.6. The van der Waals surface area contributed by atoms with Gasteiger partial charge in [0.25, 0.3) is 0 Å². The van der Waals surface area contributed by atoms with Crippen LogP contribution in [0.25, 0.3) is 32.4 Å². The summed E-state index contributed by atoms with van der Waals surface area (Å²) >= 11 is 0. The van der Waals surface area contributed by atoms with E-state index in [2.05, 4.69) is 72.2 Å². The minimum Gasteiger partial charge on any atom is -1.00 e. The molecule has 0 amide bonds. The lowest BCUT2D eigenvalue weighted by molar-refractivity contribution is -0.984. The average molecular weight is 551 g/mol. The van der Waals surface area contributed by atoms with Crippen LogP contribution in [0.3, 0.4) is 0 Å². The van der Waals surface area contributed by atoms with Gasteiger partial charge >= 0.3 is 0 Å². The third-order valence-corrected chi connectivity index (χ3v) is 9.70. The van der Waals surface area contributed by atoms with E-state index in [1.165, 1.54) is 33.5 Å². The summed E-state index contributed by atoms with van der Waals surface area (Å²) in [6.45, 7) is 7.21.